The quantitative estimate of drug-likeness (QED) is 0.523. The molecule has 0 saturated carbocycles. The second-order valence-corrected chi connectivity index (χ2v) is 5.21. The molecule has 0 saturated heterocycles. The van der Waals surface area contributed by atoms with Gasteiger partial charge in [-0.15, -0.1) is 0 Å². The molecule has 0 aliphatic heterocycles. The molecule has 2 aromatic rings. The number of pyridine rings is 1. The van der Waals surface area contributed by atoms with Crippen molar-refractivity contribution in [3.8, 4) is 11.1 Å². The Hall–Kier alpha value is -1.30. The molecule has 8 heteroatoms. The molecule has 0 N–H and O–H groups in total. The number of aldehydes is 1. The number of hydrogen-bond donors (Lipinski definition) is 0. The number of nitrogens with zero attached hydrogens (tertiary/aromatic N) is 1. The standard InChI is InChI=1S/C13H5Cl3F3NO/c14-8-4-10(16)9(15)3-7(8)6-1-2-12(13(17,18)19)20-11(6)5-21/h1-5H. The molecule has 2 nitrogen and oxygen atoms in total. The maximum Gasteiger partial charge on any atom is 0.433 e. The summed E-state index contributed by atoms with van der Waals surface area (Å²) in [5, 5.41) is 0.500. The van der Waals surface area contributed by atoms with E-state index in [-0.39, 0.29) is 38.2 Å². The van der Waals surface area contributed by atoms with Gasteiger partial charge in [-0.25, -0.2) is 4.98 Å². The van der Waals surface area contributed by atoms with E-state index in [4.69, 9.17) is 34.8 Å². The fourth-order valence-electron chi connectivity index (χ4n) is 1.68. The van der Waals surface area contributed by atoms with E-state index < -0.39 is 11.9 Å². The van der Waals surface area contributed by atoms with Crippen LogP contribution >= 0.6 is 34.8 Å². The minimum atomic E-state index is -4.64. The number of alkyl halides is 3. The van der Waals surface area contributed by atoms with Crippen molar-refractivity contribution in [3.63, 3.8) is 0 Å². The summed E-state index contributed by atoms with van der Waals surface area (Å²) in [6, 6.07) is 4.59. The molecule has 0 spiro atoms. The van der Waals surface area contributed by atoms with Crippen LogP contribution < -0.4 is 0 Å². The smallest absolute Gasteiger partial charge is 0.296 e. The number of hydrogen-bond acceptors (Lipinski definition) is 2. The van der Waals surface area contributed by atoms with Gasteiger partial charge in [0.2, 0.25) is 0 Å². The minimum Gasteiger partial charge on any atom is -0.296 e. The minimum absolute atomic E-state index is 0.140. The summed E-state index contributed by atoms with van der Waals surface area (Å²) in [5.41, 5.74) is -1.13. The second-order valence-electron chi connectivity index (χ2n) is 3.99. The van der Waals surface area contributed by atoms with E-state index in [0.717, 1.165) is 12.1 Å². The molecule has 0 atom stereocenters. The number of aromatic nitrogens is 1. The molecule has 110 valence electrons. The van der Waals surface area contributed by atoms with Crippen LogP contribution in [0.3, 0.4) is 0 Å². The molecular formula is C13H5Cl3F3NO. The van der Waals surface area contributed by atoms with Crippen molar-refractivity contribution < 1.29 is 18.0 Å². The van der Waals surface area contributed by atoms with Crippen LogP contribution in [0, 0.1) is 0 Å². The fraction of sp³-hybridized carbons (Fsp3) is 0.0769. The largest absolute Gasteiger partial charge is 0.433 e. The first kappa shape index (κ1) is 16.1. The van der Waals surface area contributed by atoms with E-state index in [1.165, 1.54) is 12.1 Å². The maximum atomic E-state index is 12.6. The Morgan fingerprint density at radius 1 is 0.952 bits per heavy atom. The average Bonchev–Trinajstić information content (AvgIpc) is 2.41. The van der Waals surface area contributed by atoms with Crippen LogP contribution in [0.1, 0.15) is 16.2 Å². The van der Waals surface area contributed by atoms with Crippen LogP contribution in [0.15, 0.2) is 24.3 Å². The summed E-state index contributed by atoms with van der Waals surface area (Å²) in [7, 11) is 0. The van der Waals surface area contributed by atoms with Gasteiger partial charge in [0.05, 0.1) is 15.1 Å². The van der Waals surface area contributed by atoms with Gasteiger partial charge < -0.3 is 0 Å². The van der Waals surface area contributed by atoms with Gasteiger partial charge in [0.1, 0.15) is 11.4 Å². The summed E-state index contributed by atoms with van der Waals surface area (Å²) in [6.45, 7) is 0. The first-order valence-corrected chi connectivity index (χ1v) is 6.55. The molecule has 0 aliphatic carbocycles. The Morgan fingerprint density at radius 2 is 1.57 bits per heavy atom. The van der Waals surface area contributed by atoms with Gasteiger partial charge in [-0.1, -0.05) is 34.8 Å². The number of carbonyl (C=O) groups is 1. The molecule has 21 heavy (non-hydrogen) atoms. The summed E-state index contributed by atoms with van der Waals surface area (Å²) < 4.78 is 37.8. The van der Waals surface area contributed by atoms with E-state index >= 15 is 0 Å². The highest BCUT2D eigenvalue weighted by Crippen LogP contribution is 2.37. The van der Waals surface area contributed by atoms with Gasteiger partial charge in [-0.2, -0.15) is 13.2 Å². The van der Waals surface area contributed by atoms with Crippen molar-refractivity contribution >= 4 is 41.1 Å². The summed E-state index contributed by atoms with van der Waals surface area (Å²) in [5.74, 6) is 0. The number of halogens is 6. The Morgan fingerprint density at radius 3 is 2.14 bits per heavy atom. The van der Waals surface area contributed by atoms with Crippen LogP contribution in [0.5, 0.6) is 0 Å². The molecule has 0 aliphatic rings. The zero-order valence-corrected chi connectivity index (χ0v) is 12.3. The Labute approximate surface area is 132 Å². The molecule has 2 rings (SSSR count). The zero-order chi connectivity index (χ0) is 15.8. The SMILES string of the molecule is O=Cc1nc(C(F)(F)F)ccc1-c1cc(Cl)c(Cl)cc1Cl. The maximum absolute atomic E-state index is 12.6. The van der Waals surface area contributed by atoms with Crippen LogP contribution in [-0.4, -0.2) is 11.3 Å². The lowest BCUT2D eigenvalue weighted by atomic mass is 10.0. The highest BCUT2D eigenvalue weighted by Gasteiger charge is 2.33. The lowest BCUT2D eigenvalue weighted by Gasteiger charge is -2.11. The molecule has 1 aromatic heterocycles. The third-order valence-corrected chi connectivity index (χ3v) is 3.66. The monoisotopic (exact) mass is 353 g/mol. The van der Waals surface area contributed by atoms with Gasteiger partial charge in [0.15, 0.2) is 6.29 Å². The van der Waals surface area contributed by atoms with E-state index in [2.05, 4.69) is 4.98 Å². The van der Waals surface area contributed by atoms with E-state index in [1.807, 2.05) is 0 Å². The predicted octanol–water partition coefficient (Wildman–Crippen LogP) is 5.54. The van der Waals surface area contributed by atoms with Crippen molar-refractivity contribution in [1.82, 2.24) is 4.98 Å². The lowest BCUT2D eigenvalue weighted by molar-refractivity contribution is -0.141. The first-order valence-electron chi connectivity index (χ1n) is 5.42. The van der Waals surface area contributed by atoms with Crippen molar-refractivity contribution in [3.05, 3.63) is 50.7 Å². The van der Waals surface area contributed by atoms with Crippen molar-refractivity contribution in [2.75, 3.05) is 0 Å². The Balaban J connectivity index is 2.65. The van der Waals surface area contributed by atoms with Gasteiger partial charge >= 0.3 is 6.18 Å². The topological polar surface area (TPSA) is 30.0 Å². The summed E-state index contributed by atoms with van der Waals surface area (Å²) in [4.78, 5) is 14.3. The molecule has 0 unspecified atom stereocenters. The normalized spacial score (nSPS) is 11.5. The van der Waals surface area contributed by atoms with Gasteiger partial charge in [-0.3, -0.25) is 4.79 Å². The van der Waals surface area contributed by atoms with Gasteiger partial charge in [0, 0.05) is 11.1 Å². The third kappa shape index (κ3) is 3.31. The second kappa shape index (κ2) is 5.83. The third-order valence-electron chi connectivity index (χ3n) is 2.63. The van der Waals surface area contributed by atoms with E-state index in [0.29, 0.717) is 0 Å². The van der Waals surface area contributed by atoms with E-state index in [9.17, 15) is 18.0 Å². The zero-order valence-electron chi connectivity index (χ0n) is 10.0. The molecule has 0 bridgehead atoms. The van der Waals surface area contributed by atoms with Crippen LogP contribution in [0.4, 0.5) is 13.2 Å². The van der Waals surface area contributed by atoms with Gasteiger partial charge in [0.25, 0.3) is 0 Å². The van der Waals surface area contributed by atoms with Crippen LogP contribution in [-0.2, 0) is 6.18 Å². The molecule has 1 aromatic carbocycles. The molecule has 0 fully saturated rings. The van der Waals surface area contributed by atoms with Crippen molar-refractivity contribution in [2.45, 2.75) is 6.18 Å². The number of rotatable bonds is 2. The van der Waals surface area contributed by atoms with Crippen molar-refractivity contribution in [2.24, 2.45) is 0 Å². The Kier molecular flexibility index (Phi) is 4.46. The van der Waals surface area contributed by atoms with Crippen molar-refractivity contribution in [1.29, 1.82) is 0 Å². The summed E-state index contributed by atoms with van der Waals surface area (Å²) >= 11 is 17.6. The molecule has 1 heterocycles. The predicted molar refractivity (Wildman–Crippen MR) is 75.1 cm³/mol. The number of benzene rings is 1. The van der Waals surface area contributed by atoms with Crippen LogP contribution in [0.2, 0.25) is 15.1 Å². The lowest BCUT2D eigenvalue weighted by Crippen LogP contribution is -2.10. The fourth-order valence-corrected chi connectivity index (χ4v) is 2.33. The average molecular weight is 355 g/mol. The first-order chi connectivity index (χ1) is 9.74. The summed E-state index contributed by atoms with van der Waals surface area (Å²) in [6.07, 6.45) is -4.42. The Bertz CT molecular complexity index is 717. The highest BCUT2D eigenvalue weighted by molar-refractivity contribution is 6.44. The molecular weight excluding hydrogens is 350 g/mol. The van der Waals surface area contributed by atoms with Crippen LogP contribution in [0.25, 0.3) is 11.1 Å². The molecule has 0 amide bonds. The molecule has 0 radical (unpaired) electrons. The van der Waals surface area contributed by atoms with E-state index in [1.54, 1.807) is 0 Å². The van der Waals surface area contributed by atoms with Gasteiger partial charge in [-0.05, 0) is 24.3 Å². The number of carbonyl (C=O) groups excluding carboxylic acids is 1. The highest BCUT2D eigenvalue weighted by atomic mass is 35.5.